The van der Waals surface area contributed by atoms with Crippen molar-refractivity contribution in [3.05, 3.63) is 29.6 Å². The zero-order valence-corrected chi connectivity index (χ0v) is 12.6. The van der Waals surface area contributed by atoms with Crippen LogP contribution in [-0.2, 0) is 4.74 Å². The van der Waals surface area contributed by atoms with Crippen LogP contribution >= 0.6 is 0 Å². The highest BCUT2D eigenvalue weighted by atomic mass is 16.5. The molecule has 1 aromatic rings. The molecule has 4 heteroatoms. The summed E-state index contributed by atoms with van der Waals surface area (Å²) in [6.45, 7) is 4.77. The summed E-state index contributed by atoms with van der Waals surface area (Å²) < 4.78 is 6.05. The van der Waals surface area contributed by atoms with Gasteiger partial charge in [0.25, 0.3) is 0 Å². The normalized spacial score (nSPS) is 19.8. The van der Waals surface area contributed by atoms with E-state index in [1.165, 1.54) is 32.1 Å². The molecule has 0 saturated heterocycles. The molecular weight excluding hydrogens is 250 g/mol. The van der Waals surface area contributed by atoms with Crippen LogP contribution in [0.15, 0.2) is 18.3 Å². The first-order chi connectivity index (χ1) is 9.76. The number of pyridine rings is 1. The third-order valence-corrected chi connectivity index (χ3v) is 4.28. The van der Waals surface area contributed by atoms with Gasteiger partial charge in [-0.2, -0.15) is 0 Å². The highest BCUT2D eigenvalue weighted by Crippen LogP contribution is 2.34. The van der Waals surface area contributed by atoms with Gasteiger partial charge in [-0.3, -0.25) is 16.3 Å². The topological polar surface area (TPSA) is 60.2 Å². The fourth-order valence-electron chi connectivity index (χ4n) is 3.20. The van der Waals surface area contributed by atoms with E-state index in [0.29, 0.717) is 5.92 Å². The van der Waals surface area contributed by atoms with Crippen molar-refractivity contribution in [2.45, 2.75) is 58.1 Å². The lowest BCUT2D eigenvalue weighted by Crippen LogP contribution is -2.42. The molecule has 4 nitrogen and oxygen atoms in total. The van der Waals surface area contributed by atoms with Crippen molar-refractivity contribution in [2.24, 2.45) is 11.8 Å². The quantitative estimate of drug-likeness (QED) is 0.620. The highest BCUT2D eigenvalue weighted by molar-refractivity contribution is 5.18. The first-order valence-electron chi connectivity index (χ1n) is 7.76. The van der Waals surface area contributed by atoms with Gasteiger partial charge in [0.2, 0.25) is 0 Å². The van der Waals surface area contributed by atoms with E-state index in [-0.39, 0.29) is 12.1 Å². The van der Waals surface area contributed by atoms with Crippen LogP contribution in [0.1, 0.15) is 56.3 Å². The highest BCUT2D eigenvalue weighted by Gasteiger charge is 2.31. The molecule has 0 aliphatic heterocycles. The maximum atomic E-state index is 6.05. The van der Waals surface area contributed by atoms with Gasteiger partial charge in [-0.05, 0) is 44.2 Å². The van der Waals surface area contributed by atoms with E-state index >= 15 is 0 Å². The lowest BCUT2D eigenvalue weighted by Gasteiger charge is -2.35. The first-order valence-corrected chi connectivity index (χ1v) is 7.76. The van der Waals surface area contributed by atoms with Crippen LogP contribution in [0.3, 0.4) is 0 Å². The smallest absolute Gasteiger partial charge is 0.0811 e. The average molecular weight is 277 g/mol. The number of rotatable bonds is 6. The van der Waals surface area contributed by atoms with Crippen LogP contribution in [-0.4, -0.2) is 17.7 Å². The second-order valence-corrected chi connectivity index (χ2v) is 5.70. The predicted molar refractivity (Wildman–Crippen MR) is 81.0 cm³/mol. The molecule has 0 bridgehead atoms. The van der Waals surface area contributed by atoms with E-state index < -0.39 is 0 Å². The number of aromatic nitrogens is 1. The van der Waals surface area contributed by atoms with Crippen LogP contribution in [0.4, 0.5) is 0 Å². The summed E-state index contributed by atoms with van der Waals surface area (Å²) >= 11 is 0. The van der Waals surface area contributed by atoms with Crippen molar-refractivity contribution in [1.82, 2.24) is 10.4 Å². The molecule has 112 valence electrons. The third-order valence-electron chi connectivity index (χ3n) is 4.28. The molecule has 1 fully saturated rings. The molecule has 1 aromatic heterocycles. The number of nitrogens with one attached hydrogen (secondary N) is 1. The zero-order valence-electron chi connectivity index (χ0n) is 12.6. The van der Waals surface area contributed by atoms with Gasteiger partial charge >= 0.3 is 0 Å². The van der Waals surface area contributed by atoms with Crippen molar-refractivity contribution in [1.29, 1.82) is 0 Å². The molecule has 1 aliphatic rings. The Kier molecular flexibility index (Phi) is 5.95. The minimum atomic E-state index is 0.0196. The lowest BCUT2D eigenvalue weighted by molar-refractivity contribution is -0.0184. The van der Waals surface area contributed by atoms with Crippen molar-refractivity contribution in [2.75, 3.05) is 6.61 Å². The zero-order chi connectivity index (χ0) is 14.4. The summed E-state index contributed by atoms with van der Waals surface area (Å²) in [4.78, 5) is 4.38. The predicted octanol–water partition coefficient (Wildman–Crippen LogP) is 2.88. The molecule has 2 unspecified atom stereocenters. The van der Waals surface area contributed by atoms with Crippen molar-refractivity contribution < 1.29 is 4.74 Å². The Balaban J connectivity index is 2.17. The minimum Gasteiger partial charge on any atom is -0.376 e. The molecule has 1 saturated carbocycles. The van der Waals surface area contributed by atoms with Gasteiger partial charge in [0, 0.05) is 18.5 Å². The summed E-state index contributed by atoms with van der Waals surface area (Å²) in [5.41, 5.74) is 5.09. The van der Waals surface area contributed by atoms with Crippen molar-refractivity contribution >= 4 is 0 Å². The molecule has 0 spiro atoms. The van der Waals surface area contributed by atoms with E-state index in [0.717, 1.165) is 17.9 Å². The molecule has 0 amide bonds. The SMILES string of the molecule is CCOC(C1CCCCC1)C(NN)c1ccc(C)nc1. The van der Waals surface area contributed by atoms with Crippen LogP contribution in [0.25, 0.3) is 0 Å². The number of hydrogen-bond acceptors (Lipinski definition) is 4. The van der Waals surface area contributed by atoms with E-state index in [1.807, 2.05) is 19.2 Å². The molecule has 0 aromatic carbocycles. The summed E-state index contributed by atoms with van der Waals surface area (Å²) in [6.07, 6.45) is 8.48. The standard InChI is InChI=1S/C16H27N3O/c1-3-20-16(13-7-5-4-6-8-13)15(19-17)14-10-9-12(2)18-11-14/h9-11,13,15-16,19H,3-8,17H2,1-2H3. The van der Waals surface area contributed by atoms with Gasteiger partial charge in [-0.25, -0.2) is 0 Å². The Morgan fingerprint density at radius 1 is 1.35 bits per heavy atom. The summed E-state index contributed by atoms with van der Waals surface area (Å²) in [7, 11) is 0. The fourth-order valence-corrected chi connectivity index (χ4v) is 3.20. The Labute approximate surface area is 122 Å². The first kappa shape index (κ1) is 15.4. The van der Waals surface area contributed by atoms with Crippen LogP contribution in [0, 0.1) is 12.8 Å². The van der Waals surface area contributed by atoms with Gasteiger partial charge in [-0.15, -0.1) is 0 Å². The lowest BCUT2D eigenvalue weighted by atomic mass is 9.81. The maximum Gasteiger partial charge on any atom is 0.0811 e. The molecule has 1 heterocycles. The van der Waals surface area contributed by atoms with E-state index in [1.54, 1.807) is 0 Å². The molecule has 2 atom stereocenters. The Morgan fingerprint density at radius 3 is 2.65 bits per heavy atom. The fraction of sp³-hybridized carbons (Fsp3) is 0.688. The van der Waals surface area contributed by atoms with Gasteiger partial charge in [0.05, 0.1) is 12.1 Å². The second-order valence-electron chi connectivity index (χ2n) is 5.70. The molecular formula is C16H27N3O. The Morgan fingerprint density at radius 2 is 2.10 bits per heavy atom. The molecule has 2 rings (SSSR count). The number of nitrogens with two attached hydrogens (primary N) is 1. The van der Waals surface area contributed by atoms with Gasteiger partial charge < -0.3 is 4.74 Å². The summed E-state index contributed by atoms with van der Waals surface area (Å²) in [6, 6.07) is 4.15. The summed E-state index contributed by atoms with van der Waals surface area (Å²) in [5, 5.41) is 0. The number of hydrogen-bond donors (Lipinski definition) is 2. The number of aryl methyl sites for hydroxylation is 1. The van der Waals surface area contributed by atoms with Crippen LogP contribution < -0.4 is 11.3 Å². The maximum absolute atomic E-state index is 6.05. The van der Waals surface area contributed by atoms with Gasteiger partial charge in [-0.1, -0.05) is 25.3 Å². The minimum absolute atomic E-state index is 0.0196. The Bertz CT molecular complexity index is 387. The van der Waals surface area contributed by atoms with E-state index in [4.69, 9.17) is 10.6 Å². The molecule has 3 N–H and O–H groups in total. The second kappa shape index (κ2) is 7.72. The summed E-state index contributed by atoms with van der Waals surface area (Å²) in [5.74, 6) is 6.41. The number of ether oxygens (including phenoxy) is 1. The number of hydrazine groups is 1. The molecule has 0 radical (unpaired) electrons. The number of nitrogens with zero attached hydrogens (tertiary/aromatic N) is 1. The third kappa shape index (κ3) is 3.78. The van der Waals surface area contributed by atoms with E-state index in [9.17, 15) is 0 Å². The largest absolute Gasteiger partial charge is 0.376 e. The van der Waals surface area contributed by atoms with Crippen molar-refractivity contribution in [3.63, 3.8) is 0 Å². The average Bonchev–Trinajstić information content (AvgIpc) is 2.50. The van der Waals surface area contributed by atoms with Crippen LogP contribution in [0.5, 0.6) is 0 Å². The van der Waals surface area contributed by atoms with E-state index in [2.05, 4.69) is 23.4 Å². The van der Waals surface area contributed by atoms with Gasteiger partial charge in [0.1, 0.15) is 0 Å². The molecule has 1 aliphatic carbocycles. The Hall–Kier alpha value is -0.970. The monoisotopic (exact) mass is 277 g/mol. The van der Waals surface area contributed by atoms with Gasteiger partial charge in [0.15, 0.2) is 0 Å². The van der Waals surface area contributed by atoms with Crippen molar-refractivity contribution in [3.8, 4) is 0 Å². The molecule has 20 heavy (non-hydrogen) atoms. The van der Waals surface area contributed by atoms with Crippen LogP contribution in [0.2, 0.25) is 0 Å².